The van der Waals surface area contributed by atoms with Gasteiger partial charge in [0, 0.05) is 23.1 Å². The highest BCUT2D eigenvalue weighted by molar-refractivity contribution is 7.98. The molecule has 0 radical (unpaired) electrons. The second-order valence-electron chi connectivity index (χ2n) is 3.81. The van der Waals surface area contributed by atoms with Crippen LogP contribution < -0.4 is 5.32 Å². The van der Waals surface area contributed by atoms with Crippen LogP contribution in [-0.4, -0.2) is 28.8 Å². The molecule has 0 aliphatic rings. The number of aryl methyl sites for hydroxylation is 2. The molecule has 1 heterocycles. The quantitative estimate of drug-likeness (QED) is 0.836. The predicted molar refractivity (Wildman–Crippen MR) is 67.6 cm³/mol. The smallest absolute Gasteiger partial charge is 0.0644 e. The second-order valence-corrected chi connectivity index (χ2v) is 4.80. The molecule has 0 spiro atoms. The first-order valence-electron chi connectivity index (χ1n) is 5.32. The molecule has 4 heteroatoms. The van der Waals surface area contributed by atoms with E-state index in [-0.39, 0.29) is 0 Å². The highest BCUT2D eigenvalue weighted by Crippen LogP contribution is 2.20. The van der Waals surface area contributed by atoms with Crippen LogP contribution in [0, 0.1) is 13.8 Å². The van der Waals surface area contributed by atoms with Gasteiger partial charge in [0.25, 0.3) is 0 Å². The van der Waals surface area contributed by atoms with Crippen LogP contribution in [-0.2, 0) is 6.54 Å². The van der Waals surface area contributed by atoms with Gasteiger partial charge in [-0.2, -0.15) is 16.9 Å². The molecule has 1 unspecified atom stereocenters. The summed E-state index contributed by atoms with van der Waals surface area (Å²) in [7, 11) is 1.99. The van der Waals surface area contributed by atoms with E-state index in [4.69, 9.17) is 0 Å². The summed E-state index contributed by atoms with van der Waals surface area (Å²) in [6.45, 7) is 7.43. The number of nitrogens with one attached hydrogen (secondary N) is 1. The van der Waals surface area contributed by atoms with Crippen LogP contribution in [0.5, 0.6) is 0 Å². The molecule has 0 aromatic carbocycles. The molecule has 1 N–H and O–H groups in total. The van der Waals surface area contributed by atoms with Gasteiger partial charge in [-0.05, 0) is 34.1 Å². The van der Waals surface area contributed by atoms with Gasteiger partial charge in [-0.3, -0.25) is 4.68 Å². The van der Waals surface area contributed by atoms with E-state index < -0.39 is 0 Å². The summed E-state index contributed by atoms with van der Waals surface area (Å²) in [6, 6.07) is 0.382. The van der Waals surface area contributed by atoms with Crippen molar-refractivity contribution >= 4 is 11.8 Å². The minimum Gasteiger partial charge on any atom is -0.313 e. The van der Waals surface area contributed by atoms with Crippen molar-refractivity contribution in [1.82, 2.24) is 15.1 Å². The van der Waals surface area contributed by atoms with Crippen LogP contribution in [0.1, 0.15) is 29.9 Å². The number of nitrogens with zero attached hydrogens (tertiary/aromatic N) is 2. The summed E-state index contributed by atoms with van der Waals surface area (Å²) >= 11 is 1.86. The Hall–Kier alpha value is -0.480. The first-order valence-corrected chi connectivity index (χ1v) is 6.71. The topological polar surface area (TPSA) is 29.9 Å². The summed E-state index contributed by atoms with van der Waals surface area (Å²) in [5, 5.41) is 7.85. The molecule has 0 fully saturated rings. The highest BCUT2D eigenvalue weighted by Gasteiger charge is 2.15. The van der Waals surface area contributed by atoms with Crippen molar-refractivity contribution in [3.63, 3.8) is 0 Å². The molecule has 0 amide bonds. The van der Waals surface area contributed by atoms with Gasteiger partial charge >= 0.3 is 0 Å². The van der Waals surface area contributed by atoms with Crippen LogP contribution in [0.2, 0.25) is 0 Å². The molecule has 1 atom stereocenters. The molecule has 0 aliphatic carbocycles. The van der Waals surface area contributed by atoms with E-state index >= 15 is 0 Å². The van der Waals surface area contributed by atoms with Gasteiger partial charge in [0.05, 0.1) is 12.2 Å². The Balaban J connectivity index is 2.93. The monoisotopic (exact) mass is 227 g/mol. The third kappa shape index (κ3) is 2.75. The molecule has 0 saturated carbocycles. The molecular formula is C11H21N3S. The molecule has 0 bridgehead atoms. The average Bonchev–Trinajstić information content (AvgIpc) is 2.50. The van der Waals surface area contributed by atoms with Gasteiger partial charge in [0.15, 0.2) is 0 Å². The lowest BCUT2D eigenvalue weighted by Crippen LogP contribution is -2.14. The standard InChI is InChI=1S/C11H21N3S/c1-8(12-4)11-9(2)13-14(10(11)3)6-7-15-5/h8,12H,6-7H2,1-5H3. The molecule has 1 rings (SSSR count). The third-order valence-electron chi connectivity index (χ3n) is 2.81. The Labute approximate surface area is 96.6 Å². The molecule has 1 aromatic heterocycles. The molecular weight excluding hydrogens is 206 g/mol. The summed E-state index contributed by atoms with van der Waals surface area (Å²) < 4.78 is 2.12. The Morgan fingerprint density at radius 2 is 2.13 bits per heavy atom. The number of rotatable bonds is 5. The van der Waals surface area contributed by atoms with Gasteiger partial charge < -0.3 is 5.32 Å². The zero-order valence-electron chi connectivity index (χ0n) is 10.3. The van der Waals surface area contributed by atoms with Gasteiger partial charge in [0.1, 0.15) is 0 Å². The maximum absolute atomic E-state index is 4.58. The van der Waals surface area contributed by atoms with E-state index in [0.717, 1.165) is 18.0 Å². The predicted octanol–water partition coefficient (Wildman–Crippen LogP) is 2.14. The first-order chi connectivity index (χ1) is 7.11. The molecule has 15 heavy (non-hydrogen) atoms. The normalized spacial score (nSPS) is 13.1. The van der Waals surface area contributed by atoms with E-state index in [2.05, 4.69) is 42.1 Å². The fraction of sp³-hybridized carbons (Fsp3) is 0.727. The minimum absolute atomic E-state index is 0.382. The van der Waals surface area contributed by atoms with Crippen molar-refractivity contribution < 1.29 is 0 Å². The Bertz CT molecular complexity index is 320. The number of hydrogen-bond donors (Lipinski definition) is 1. The van der Waals surface area contributed by atoms with Crippen LogP contribution >= 0.6 is 11.8 Å². The lowest BCUT2D eigenvalue weighted by Gasteiger charge is -2.11. The summed E-state index contributed by atoms with van der Waals surface area (Å²) in [6.07, 6.45) is 2.13. The van der Waals surface area contributed by atoms with E-state index in [1.807, 2.05) is 18.8 Å². The van der Waals surface area contributed by atoms with Crippen molar-refractivity contribution in [2.24, 2.45) is 0 Å². The fourth-order valence-electron chi connectivity index (χ4n) is 1.88. The van der Waals surface area contributed by atoms with Crippen molar-refractivity contribution in [3.8, 4) is 0 Å². The summed E-state index contributed by atoms with van der Waals surface area (Å²) in [5.41, 5.74) is 3.79. The van der Waals surface area contributed by atoms with Crippen molar-refractivity contribution in [1.29, 1.82) is 0 Å². The minimum atomic E-state index is 0.382. The Kier molecular flexibility index (Phi) is 4.67. The molecule has 0 saturated heterocycles. The van der Waals surface area contributed by atoms with E-state index in [1.54, 1.807) is 0 Å². The van der Waals surface area contributed by atoms with Gasteiger partial charge in [0.2, 0.25) is 0 Å². The number of hydrogen-bond acceptors (Lipinski definition) is 3. The highest BCUT2D eigenvalue weighted by atomic mass is 32.2. The van der Waals surface area contributed by atoms with Crippen molar-refractivity contribution in [3.05, 3.63) is 17.0 Å². The van der Waals surface area contributed by atoms with Gasteiger partial charge in [-0.15, -0.1) is 0 Å². The average molecular weight is 227 g/mol. The zero-order valence-corrected chi connectivity index (χ0v) is 11.1. The largest absolute Gasteiger partial charge is 0.313 e. The maximum atomic E-state index is 4.58. The van der Waals surface area contributed by atoms with Gasteiger partial charge in [-0.1, -0.05) is 0 Å². The third-order valence-corrected chi connectivity index (χ3v) is 3.40. The Morgan fingerprint density at radius 3 is 2.67 bits per heavy atom. The van der Waals surface area contributed by atoms with Crippen LogP contribution in [0.4, 0.5) is 0 Å². The number of thioether (sulfide) groups is 1. The number of aromatic nitrogens is 2. The maximum Gasteiger partial charge on any atom is 0.0644 e. The van der Waals surface area contributed by atoms with E-state index in [1.165, 1.54) is 11.3 Å². The summed E-state index contributed by atoms with van der Waals surface area (Å²) in [4.78, 5) is 0. The zero-order chi connectivity index (χ0) is 11.4. The molecule has 86 valence electrons. The SMILES string of the molecule is CNC(C)c1c(C)nn(CCSC)c1C. The first kappa shape index (κ1) is 12.6. The Morgan fingerprint density at radius 1 is 1.47 bits per heavy atom. The van der Waals surface area contributed by atoms with Crippen molar-refractivity contribution in [2.45, 2.75) is 33.4 Å². The van der Waals surface area contributed by atoms with Crippen molar-refractivity contribution in [2.75, 3.05) is 19.1 Å². The molecule has 0 aliphatic heterocycles. The van der Waals surface area contributed by atoms with Crippen LogP contribution in [0.15, 0.2) is 0 Å². The van der Waals surface area contributed by atoms with E-state index in [9.17, 15) is 0 Å². The molecule has 3 nitrogen and oxygen atoms in total. The lowest BCUT2D eigenvalue weighted by molar-refractivity contribution is 0.624. The molecule has 1 aromatic rings. The summed E-state index contributed by atoms with van der Waals surface area (Å²) in [5.74, 6) is 1.12. The van der Waals surface area contributed by atoms with Crippen LogP contribution in [0.3, 0.4) is 0 Å². The van der Waals surface area contributed by atoms with Gasteiger partial charge in [-0.25, -0.2) is 0 Å². The fourth-order valence-corrected chi connectivity index (χ4v) is 2.23. The lowest BCUT2D eigenvalue weighted by atomic mass is 10.1. The second kappa shape index (κ2) is 5.56. The van der Waals surface area contributed by atoms with E-state index in [0.29, 0.717) is 6.04 Å². The van der Waals surface area contributed by atoms with Crippen LogP contribution in [0.25, 0.3) is 0 Å².